The van der Waals surface area contributed by atoms with Crippen molar-refractivity contribution < 1.29 is 9.90 Å². The van der Waals surface area contributed by atoms with Gasteiger partial charge in [0.25, 0.3) is 5.91 Å². The predicted octanol–water partition coefficient (Wildman–Crippen LogP) is 2.26. The lowest BCUT2D eigenvalue weighted by molar-refractivity contribution is 0.0447. The van der Waals surface area contributed by atoms with E-state index in [-0.39, 0.29) is 18.3 Å². The highest BCUT2D eigenvalue weighted by Gasteiger charge is 2.31. The number of halogens is 1. The summed E-state index contributed by atoms with van der Waals surface area (Å²) in [6.45, 7) is 1.99. The van der Waals surface area contributed by atoms with Gasteiger partial charge in [0.1, 0.15) is 5.82 Å². The van der Waals surface area contributed by atoms with Crippen LogP contribution in [0.25, 0.3) is 5.69 Å². The van der Waals surface area contributed by atoms with Crippen molar-refractivity contribution in [1.29, 1.82) is 0 Å². The minimum absolute atomic E-state index is 0.0732. The topological polar surface area (TPSA) is 80.0 Å². The standard InChI is InChI=1S/C16H19ClN4O2/c1-11-19-14(15(22)18-10-16(23)8-4-5-9-16)20-21(11)13-7-3-2-6-12(13)17/h2-3,6-7,23H,4-5,8-10H2,1H3,(H,18,22). The van der Waals surface area contributed by atoms with Crippen molar-refractivity contribution in [3.05, 3.63) is 40.9 Å². The third kappa shape index (κ3) is 3.38. The predicted molar refractivity (Wildman–Crippen MR) is 86.9 cm³/mol. The molecule has 1 amide bonds. The molecule has 1 aromatic carbocycles. The molecule has 2 N–H and O–H groups in total. The molecule has 1 saturated carbocycles. The Bertz CT molecular complexity index is 723. The number of hydrogen-bond donors (Lipinski definition) is 2. The van der Waals surface area contributed by atoms with Gasteiger partial charge in [-0.1, -0.05) is 36.6 Å². The number of nitrogens with one attached hydrogen (secondary N) is 1. The van der Waals surface area contributed by atoms with Gasteiger partial charge in [-0.25, -0.2) is 9.67 Å². The van der Waals surface area contributed by atoms with E-state index in [0.717, 1.165) is 12.8 Å². The van der Waals surface area contributed by atoms with Crippen LogP contribution in [0.15, 0.2) is 24.3 Å². The van der Waals surface area contributed by atoms with Crippen molar-refractivity contribution in [3.63, 3.8) is 0 Å². The number of benzene rings is 1. The van der Waals surface area contributed by atoms with E-state index < -0.39 is 5.60 Å². The Balaban J connectivity index is 1.75. The Labute approximate surface area is 139 Å². The van der Waals surface area contributed by atoms with Crippen LogP contribution in [0.1, 0.15) is 42.1 Å². The summed E-state index contributed by atoms with van der Waals surface area (Å²) in [5.41, 5.74) is -0.122. The molecule has 0 atom stereocenters. The molecule has 6 nitrogen and oxygen atoms in total. The van der Waals surface area contributed by atoms with Crippen LogP contribution in [0.4, 0.5) is 0 Å². The number of aromatic nitrogens is 3. The van der Waals surface area contributed by atoms with Gasteiger partial charge in [-0.2, -0.15) is 0 Å². The summed E-state index contributed by atoms with van der Waals surface area (Å²) in [4.78, 5) is 16.4. The van der Waals surface area contributed by atoms with Crippen molar-refractivity contribution in [3.8, 4) is 5.69 Å². The van der Waals surface area contributed by atoms with Gasteiger partial charge in [0, 0.05) is 6.54 Å². The number of hydrogen-bond acceptors (Lipinski definition) is 4. The first-order valence-corrected chi connectivity index (χ1v) is 8.05. The van der Waals surface area contributed by atoms with E-state index in [2.05, 4.69) is 15.4 Å². The zero-order valence-electron chi connectivity index (χ0n) is 12.9. The first-order valence-electron chi connectivity index (χ1n) is 7.68. The van der Waals surface area contributed by atoms with E-state index in [1.807, 2.05) is 18.2 Å². The molecule has 122 valence electrons. The fourth-order valence-corrected chi connectivity index (χ4v) is 3.09. The second-order valence-corrected chi connectivity index (χ2v) is 6.37. The molecule has 0 aliphatic heterocycles. The van der Waals surface area contributed by atoms with Gasteiger partial charge in [0.05, 0.1) is 16.3 Å². The molecule has 1 aliphatic carbocycles. The van der Waals surface area contributed by atoms with Gasteiger partial charge in [-0.15, -0.1) is 5.10 Å². The van der Waals surface area contributed by atoms with Crippen molar-refractivity contribution in [2.24, 2.45) is 0 Å². The number of amides is 1. The average molecular weight is 335 g/mol. The van der Waals surface area contributed by atoms with Crippen LogP contribution < -0.4 is 5.32 Å². The fraction of sp³-hybridized carbons (Fsp3) is 0.438. The van der Waals surface area contributed by atoms with E-state index in [4.69, 9.17) is 11.6 Å². The van der Waals surface area contributed by atoms with E-state index in [1.54, 1.807) is 17.7 Å². The van der Waals surface area contributed by atoms with E-state index in [9.17, 15) is 9.90 Å². The van der Waals surface area contributed by atoms with E-state index >= 15 is 0 Å². The van der Waals surface area contributed by atoms with Gasteiger partial charge in [-0.05, 0) is 31.9 Å². The van der Waals surface area contributed by atoms with E-state index in [1.165, 1.54) is 0 Å². The molecule has 23 heavy (non-hydrogen) atoms. The Morgan fingerprint density at radius 1 is 1.39 bits per heavy atom. The summed E-state index contributed by atoms with van der Waals surface area (Å²) < 4.78 is 1.54. The van der Waals surface area contributed by atoms with Gasteiger partial charge < -0.3 is 10.4 Å². The number of nitrogens with zero attached hydrogens (tertiary/aromatic N) is 3. The Hall–Kier alpha value is -1.92. The highest BCUT2D eigenvalue weighted by molar-refractivity contribution is 6.32. The lowest BCUT2D eigenvalue weighted by Gasteiger charge is -2.21. The maximum atomic E-state index is 12.2. The lowest BCUT2D eigenvalue weighted by Crippen LogP contribution is -2.41. The van der Waals surface area contributed by atoms with Crippen LogP contribution in [0.3, 0.4) is 0 Å². The summed E-state index contributed by atoms with van der Waals surface area (Å²) in [6, 6.07) is 7.24. The minimum Gasteiger partial charge on any atom is -0.388 e. The molecule has 0 unspecified atom stereocenters. The van der Waals surface area contributed by atoms with Gasteiger partial charge >= 0.3 is 0 Å². The number of para-hydroxylation sites is 1. The summed E-state index contributed by atoms with van der Waals surface area (Å²) in [6.07, 6.45) is 3.41. The Kier molecular flexibility index (Phi) is 4.37. The normalized spacial score (nSPS) is 16.5. The largest absolute Gasteiger partial charge is 0.388 e. The number of aryl methyl sites for hydroxylation is 1. The maximum Gasteiger partial charge on any atom is 0.291 e. The van der Waals surface area contributed by atoms with Crippen molar-refractivity contribution in [1.82, 2.24) is 20.1 Å². The monoisotopic (exact) mass is 334 g/mol. The summed E-state index contributed by atoms with van der Waals surface area (Å²) >= 11 is 6.16. The third-order valence-corrected chi connectivity index (χ3v) is 4.48. The summed E-state index contributed by atoms with van der Waals surface area (Å²) in [7, 11) is 0. The molecular weight excluding hydrogens is 316 g/mol. The molecule has 1 aliphatic rings. The molecule has 1 fully saturated rings. The van der Waals surface area contributed by atoms with Crippen molar-refractivity contribution in [2.75, 3.05) is 6.54 Å². The average Bonchev–Trinajstić information content (AvgIpc) is 3.12. The van der Waals surface area contributed by atoms with Crippen LogP contribution in [0.5, 0.6) is 0 Å². The number of aliphatic hydroxyl groups is 1. The molecule has 1 aromatic heterocycles. The lowest BCUT2D eigenvalue weighted by atomic mass is 10.0. The van der Waals surface area contributed by atoms with Crippen LogP contribution in [-0.4, -0.2) is 37.9 Å². The number of carbonyl (C=O) groups is 1. The minimum atomic E-state index is -0.796. The molecule has 0 saturated heterocycles. The highest BCUT2D eigenvalue weighted by Crippen LogP contribution is 2.28. The molecule has 0 spiro atoms. The van der Waals surface area contributed by atoms with Crippen molar-refractivity contribution >= 4 is 17.5 Å². The Morgan fingerprint density at radius 3 is 2.78 bits per heavy atom. The first kappa shape index (κ1) is 16.0. The molecular formula is C16H19ClN4O2. The second-order valence-electron chi connectivity index (χ2n) is 5.96. The van der Waals surface area contributed by atoms with Crippen LogP contribution in [0.2, 0.25) is 5.02 Å². The van der Waals surface area contributed by atoms with Crippen LogP contribution in [0, 0.1) is 6.92 Å². The van der Waals surface area contributed by atoms with Crippen molar-refractivity contribution in [2.45, 2.75) is 38.2 Å². The fourth-order valence-electron chi connectivity index (χ4n) is 2.87. The number of carbonyl (C=O) groups excluding carboxylic acids is 1. The second kappa shape index (κ2) is 6.29. The molecule has 3 rings (SSSR count). The van der Waals surface area contributed by atoms with Gasteiger partial charge in [-0.3, -0.25) is 4.79 Å². The van der Waals surface area contributed by atoms with Gasteiger partial charge in [0.15, 0.2) is 0 Å². The maximum absolute atomic E-state index is 12.2. The van der Waals surface area contributed by atoms with E-state index in [0.29, 0.717) is 29.4 Å². The summed E-state index contributed by atoms with van der Waals surface area (Å²) in [5.74, 6) is 0.256. The quantitative estimate of drug-likeness (QED) is 0.898. The van der Waals surface area contributed by atoms with Crippen LogP contribution >= 0.6 is 11.6 Å². The molecule has 1 heterocycles. The Morgan fingerprint density at radius 2 is 2.09 bits per heavy atom. The molecule has 0 bridgehead atoms. The third-order valence-electron chi connectivity index (χ3n) is 4.16. The zero-order chi connectivity index (χ0) is 16.4. The number of rotatable bonds is 4. The smallest absolute Gasteiger partial charge is 0.291 e. The highest BCUT2D eigenvalue weighted by atomic mass is 35.5. The first-order chi connectivity index (χ1) is 11.0. The molecule has 7 heteroatoms. The molecule has 2 aromatic rings. The van der Waals surface area contributed by atoms with Crippen LogP contribution in [-0.2, 0) is 0 Å². The zero-order valence-corrected chi connectivity index (χ0v) is 13.7. The summed E-state index contributed by atoms with van der Waals surface area (Å²) in [5, 5.41) is 17.8. The van der Waals surface area contributed by atoms with Gasteiger partial charge in [0.2, 0.25) is 5.82 Å². The molecule has 0 radical (unpaired) electrons. The SMILES string of the molecule is Cc1nc(C(=O)NCC2(O)CCCC2)nn1-c1ccccc1Cl.